The van der Waals surface area contributed by atoms with Crippen LogP contribution < -0.4 is 0 Å². The number of pyridine rings is 1. The second kappa shape index (κ2) is 5.30. The van der Waals surface area contributed by atoms with E-state index >= 15 is 0 Å². The van der Waals surface area contributed by atoms with E-state index in [2.05, 4.69) is 24.0 Å². The standard InChI is InChI=1S/C17H21NO/c1-12-5-4-7-14(9-12)17(19)15-10-13-6-2-3-8-16(13)18-11-15/h2-3,6,8,10-12,14,17,19H,4-5,7,9H2,1H3. The highest BCUT2D eigenvalue weighted by atomic mass is 16.3. The molecule has 2 heteroatoms. The molecule has 3 unspecified atom stereocenters. The van der Waals surface area contributed by atoms with Crippen molar-refractivity contribution in [2.24, 2.45) is 11.8 Å². The van der Waals surface area contributed by atoms with Gasteiger partial charge in [0.1, 0.15) is 0 Å². The van der Waals surface area contributed by atoms with Crippen LogP contribution in [0.5, 0.6) is 0 Å². The number of hydrogen-bond acceptors (Lipinski definition) is 2. The lowest BCUT2D eigenvalue weighted by molar-refractivity contribution is 0.0713. The molecule has 0 radical (unpaired) electrons. The predicted octanol–water partition coefficient (Wildman–Crippen LogP) is 4.09. The van der Waals surface area contributed by atoms with Gasteiger partial charge >= 0.3 is 0 Å². The second-order valence-corrected chi connectivity index (χ2v) is 5.94. The Balaban J connectivity index is 1.86. The van der Waals surface area contributed by atoms with Gasteiger partial charge in [-0.15, -0.1) is 0 Å². The lowest BCUT2D eigenvalue weighted by Crippen LogP contribution is -2.20. The number of rotatable bonds is 2. The lowest BCUT2D eigenvalue weighted by atomic mass is 9.78. The van der Waals surface area contributed by atoms with Crippen molar-refractivity contribution >= 4 is 10.9 Å². The third kappa shape index (κ3) is 2.64. The molecule has 1 N–H and O–H groups in total. The molecule has 0 saturated heterocycles. The third-order valence-corrected chi connectivity index (χ3v) is 4.38. The van der Waals surface area contributed by atoms with Gasteiger partial charge in [-0.1, -0.05) is 38.0 Å². The molecule has 3 atom stereocenters. The van der Waals surface area contributed by atoms with Gasteiger partial charge in [0.05, 0.1) is 11.6 Å². The summed E-state index contributed by atoms with van der Waals surface area (Å²) in [7, 11) is 0. The summed E-state index contributed by atoms with van der Waals surface area (Å²) in [6, 6.07) is 10.2. The number of aromatic nitrogens is 1. The monoisotopic (exact) mass is 255 g/mol. The summed E-state index contributed by atoms with van der Waals surface area (Å²) < 4.78 is 0. The molecular formula is C17H21NO. The van der Waals surface area contributed by atoms with E-state index in [1.807, 2.05) is 24.4 Å². The first-order valence-electron chi connectivity index (χ1n) is 7.27. The number of aliphatic hydroxyl groups is 1. The zero-order valence-electron chi connectivity index (χ0n) is 11.4. The first-order chi connectivity index (χ1) is 9.24. The van der Waals surface area contributed by atoms with Crippen molar-refractivity contribution in [3.63, 3.8) is 0 Å². The smallest absolute Gasteiger partial charge is 0.0833 e. The molecule has 1 saturated carbocycles. The Morgan fingerprint density at radius 3 is 2.95 bits per heavy atom. The van der Waals surface area contributed by atoms with Gasteiger partial charge in [0, 0.05) is 11.6 Å². The normalized spacial score (nSPS) is 25.4. The van der Waals surface area contributed by atoms with E-state index in [0.717, 1.165) is 35.2 Å². The molecule has 0 bridgehead atoms. The molecule has 2 aromatic rings. The molecule has 1 aromatic carbocycles. The summed E-state index contributed by atoms with van der Waals surface area (Å²) in [4.78, 5) is 4.46. The van der Waals surface area contributed by atoms with Gasteiger partial charge in [-0.25, -0.2) is 0 Å². The zero-order chi connectivity index (χ0) is 13.2. The molecule has 1 aliphatic carbocycles. The summed E-state index contributed by atoms with van der Waals surface area (Å²) in [5, 5.41) is 11.7. The summed E-state index contributed by atoms with van der Waals surface area (Å²) in [6.45, 7) is 2.29. The third-order valence-electron chi connectivity index (χ3n) is 4.38. The van der Waals surface area contributed by atoms with Gasteiger partial charge in [-0.05, 0) is 42.4 Å². The Hall–Kier alpha value is -1.41. The van der Waals surface area contributed by atoms with Gasteiger partial charge < -0.3 is 5.11 Å². The number of fused-ring (bicyclic) bond motifs is 1. The molecule has 0 amide bonds. The van der Waals surface area contributed by atoms with Crippen LogP contribution in [0, 0.1) is 11.8 Å². The average Bonchev–Trinajstić information content (AvgIpc) is 2.46. The Labute approximate surface area is 114 Å². The number of benzene rings is 1. The van der Waals surface area contributed by atoms with E-state index in [-0.39, 0.29) is 6.10 Å². The largest absolute Gasteiger partial charge is 0.388 e. The van der Waals surface area contributed by atoms with Crippen molar-refractivity contribution in [3.8, 4) is 0 Å². The van der Waals surface area contributed by atoms with Crippen LogP contribution in [0.25, 0.3) is 10.9 Å². The van der Waals surface area contributed by atoms with Gasteiger partial charge in [0.2, 0.25) is 0 Å². The summed E-state index contributed by atoms with van der Waals surface area (Å²) >= 11 is 0. The SMILES string of the molecule is CC1CCCC(C(O)c2cnc3ccccc3c2)C1. The maximum atomic E-state index is 10.6. The van der Waals surface area contributed by atoms with Crippen molar-refractivity contribution in [1.29, 1.82) is 0 Å². The number of aliphatic hydroxyl groups excluding tert-OH is 1. The Bertz CT molecular complexity index is 566. The minimum absolute atomic E-state index is 0.361. The molecule has 2 nitrogen and oxygen atoms in total. The van der Waals surface area contributed by atoms with Crippen LogP contribution in [-0.4, -0.2) is 10.1 Å². The quantitative estimate of drug-likeness (QED) is 0.876. The Morgan fingerprint density at radius 1 is 1.26 bits per heavy atom. The van der Waals surface area contributed by atoms with E-state index in [1.165, 1.54) is 12.8 Å². The van der Waals surface area contributed by atoms with Crippen molar-refractivity contribution in [2.45, 2.75) is 38.7 Å². The van der Waals surface area contributed by atoms with Gasteiger partial charge in [-0.3, -0.25) is 4.98 Å². The number of nitrogens with zero attached hydrogens (tertiary/aromatic N) is 1. The highest BCUT2D eigenvalue weighted by molar-refractivity contribution is 5.78. The molecule has 1 fully saturated rings. The molecule has 0 spiro atoms. The minimum Gasteiger partial charge on any atom is -0.388 e. The Morgan fingerprint density at radius 2 is 2.11 bits per heavy atom. The van der Waals surface area contributed by atoms with Crippen LogP contribution in [0.4, 0.5) is 0 Å². The van der Waals surface area contributed by atoms with E-state index in [4.69, 9.17) is 0 Å². The lowest BCUT2D eigenvalue weighted by Gasteiger charge is -2.30. The number of para-hydroxylation sites is 1. The minimum atomic E-state index is -0.361. The van der Waals surface area contributed by atoms with E-state index < -0.39 is 0 Å². The van der Waals surface area contributed by atoms with Crippen LogP contribution in [0.3, 0.4) is 0 Å². The Kier molecular flexibility index (Phi) is 3.52. The van der Waals surface area contributed by atoms with Gasteiger partial charge in [-0.2, -0.15) is 0 Å². The molecule has 19 heavy (non-hydrogen) atoms. The van der Waals surface area contributed by atoms with Crippen molar-refractivity contribution in [2.75, 3.05) is 0 Å². The second-order valence-electron chi connectivity index (χ2n) is 5.94. The first-order valence-corrected chi connectivity index (χ1v) is 7.27. The van der Waals surface area contributed by atoms with Gasteiger partial charge in [0.25, 0.3) is 0 Å². The summed E-state index contributed by atoms with van der Waals surface area (Å²) in [6.07, 6.45) is 6.29. The van der Waals surface area contributed by atoms with Crippen LogP contribution in [0.1, 0.15) is 44.3 Å². The van der Waals surface area contributed by atoms with Crippen LogP contribution in [0.15, 0.2) is 36.5 Å². The maximum absolute atomic E-state index is 10.6. The fraction of sp³-hybridized carbons (Fsp3) is 0.471. The molecule has 1 aliphatic rings. The van der Waals surface area contributed by atoms with Crippen molar-refractivity contribution < 1.29 is 5.11 Å². The van der Waals surface area contributed by atoms with Crippen LogP contribution in [-0.2, 0) is 0 Å². The average molecular weight is 255 g/mol. The van der Waals surface area contributed by atoms with E-state index in [0.29, 0.717) is 5.92 Å². The molecule has 100 valence electrons. The fourth-order valence-electron chi connectivity index (χ4n) is 3.29. The van der Waals surface area contributed by atoms with Crippen molar-refractivity contribution in [1.82, 2.24) is 4.98 Å². The highest BCUT2D eigenvalue weighted by Crippen LogP contribution is 2.37. The first kappa shape index (κ1) is 12.6. The molecule has 0 aliphatic heterocycles. The highest BCUT2D eigenvalue weighted by Gasteiger charge is 2.26. The van der Waals surface area contributed by atoms with Crippen molar-refractivity contribution in [3.05, 3.63) is 42.1 Å². The number of hydrogen-bond donors (Lipinski definition) is 1. The fourth-order valence-corrected chi connectivity index (χ4v) is 3.29. The van der Waals surface area contributed by atoms with Gasteiger partial charge in [0.15, 0.2) is 0 Å². The van der Waals surface area contributed by atoms with Crippen LogP contribution in [0.2, 0.25) is 0 Å². The molecule has 3 rings (SSSR count). The summed E-state index contributed by atoms with van der Waals surface area (Å²) in [5.74, 6) is 1.13. The zero-order valence-corrected chi connectivity index (χ0v) is 11.4. The van der Waals surface area contributed by atoms with E-state index in [9.17, 15) is 5.11 Å². The predicted molar refractivity (Wildman–Crippen MR) is 77.8 cm³/mol. The molecular weight excluding hydrogens is 234 g/mol. The molecule has 1 aromatic heterocycles. The summed E-state index contributed by atoms with van der Waals surface area (Å²) in [5.41, 5.74) is 1.97. The van der Waals surface area contributed by atoms with E-state index in [1.54, 1.807) is 0 Å². The molecule has 1 heterocycles. The van der Waals surface area contributed by atoms with Crippen LogP contribution >= 0.6 is 0 Å². The maximum Gasteiger partial charge on any atom is 0.0833 e. The topological polar surface area (TPSA) is 33.1 Å².